The maximum Gasteiger partial charge on any atom is 0.253 e. The summed E-state index contributed by atoms with van der Waals surface area (Å²) in [4.78, 5) is 42.9. The van der Waals surface area contributed by atoms with E-state index in [0.717, 1.165) is 36.6 Å². The summed E-state index contributed by atoms with van der Waals surface area (Å²) in [6.07, 6.45) is 7.30. The summed E-state index contributed by atoms with van der Waals surface area (Å²) < 4.78 is 2.03. The molecule has 1 aliphatic carbocycles. The Labute approximate surface area is 201 Å². The molecule has 2 N–H and O–H groups in total. The zero-order valence-corrected chi connectivity index (χ0v) is 20.5. The number of fused-ring (bicyclic) bond motifs is 1. The van der Waals surface area contributed by atoms with Gasteiger partial charge in [0.1, 0.15) is 6.04 Å². The Morgan fingerprint density at radius 2 is 1.65 bits per heavy atom. The zero-order valence-electron chi connectivity index (χ0n) is 20.5. The topological polar surface area (TPSA) is 86.7 Å². The lowest BCUT2D eigenvalue weighted by molar-refractivity contribution is -0.140. The molecule has 1 saturated heterocycles. The molecular weight excluding hydrogens is 430 g/mol. The molecule has 1 unspecified atom stereocenters. The van der Waals surface area contributed by atoms with Gasteiger partial charge in [-0.25, -0.2) is 0 Å². The van der Waals surface area contributed by atoms with Crippen LogP contribution in [-0.2, 0) is 16.6 Å². The van der Waals surface area contributed by atoms with E-state index in [9.17, 15) is 14.4 Å². The number of carbonyl (C=O) groups excluding carboxylic acids is 3. The van der Waals surface area contributed by atoms with E-state index in [1.807, 2.05) is 51.9 Å². The van der Waals surface area contributed by atoms with Crippen LogP contribution >= 0.6 is 0 Å². The highest BCUT2D eigenvalue weighted by Crippen LogP contribution is 2.28. The van der Waals surface area contributed by atoms with Gasteiger partial charge in [0.2, 0.25) is 11.8 Å². The van der Waals surface area contributed by atoms with Crippen molar-refractivity contribution in [3.05, 3.63) is 36.0 Å². The molecule has 4 rings (SSSR count). The van der Waals surface area contributed by atoms with Crippen LogP contribution in [0.2, 0.25) is 0 Å². The summed E-state index contributed by atoms with van der Waals surface area (Å²) in [5, 5.41) is 7.04. The van der Waals surface area contributed by atoms with Gasteiger partial charge < -0.3 is 25.0 Å². The summed E-state index contributed by atoms with van der Waals surface area (Å²) in [6, 6.07) is 6.96. The summed E-state index contributed by atoms with van der Waals surface area (Å²) in [7, 11) is 3.73. The van der Waals surface area contributed by atoms with Crippen molar-refractivity contribution in [3.63, 3.8) is 0 Å². The Hall–Kier alpha value is -2.87. The molecule has 2 heterocycles. The predicted molar refractivity (Wildman–Crippen MR) is 132 cm³/mol. The van der Waals surface area contributed by atoms with Crippen molar-refractivity contribution in [1.82, 2.24) is 25.0 Å². The van der Waals surface area contributed by atoms with Crippen LogP contribution in [0.4, 0.5) is 0 Å². The number of nitrogens with zero attached hydrogens (tertiary/aromatic N) is 3. The normalized spacial score (nSPS) is 19.1. The van der Waals surface area contributed by atoms with Gasteiger partial charge in [0, 0.05) is 55.9 Å². The fourth-order valence-electron chi connectivity index (χ4n) is 5.18. The van der Waals surface area contributed by atoms with Crippen LogP contribution in [0.3, 0.4) is 0 Å². The van der Waals surface area contributed by atoms with Crippen LogP contribution in [0, 0.1) is 5.92 Å². The van der Waals surface area contributed by atoms with Gasteiger partial charge in [0.05, 0.1) is 6.04 Å². The van der Waals surface area contributed by atoms with Gasteiger partial charge in [-0.2, -0.15) is 0 Å². The maximum absolute atomic E-state index is 13.5. The molecule has 34 heavy (non-hydrogen) atoms. The average Bonchev–Trinajstić information content (AvgIpc) is 3.26. The summed E-state index contributed by atoms with van der Waals surface area (Å²) in [5.41, 5.74) is 1.77. The van der Waals surface area contributed by atoms with E-state index in [1.165, 1.54) is 6.42 Å². The number of amides is 3. The highest BCUT2D eigenvalue weighted by molar-refractivity contribution is 5.98. The Morgan fingerprint density at radius 1 is 0.971 bits per heavy atom. The SMILES string of the molecule is CN[C@@H](C)C(=O)NC(C(=O)N1CCN(C(=O)c2ccc3c(ccn3C)c2)CC1)C1CCCCC1. The summed E-state index contributed by atoms with van der Waals surface area (Å²) in [5.74, 6) is 0.0160. The Kier molecular flexibility index (Phi) is 7.56. The van der Waals surface area contributed by atoms with Crippen molar-refractivity contribution in [2.45, 2.75) is 51.1 Å². The van der Waals surface area contributed by atoms with E-state index >= 15 is 0 Å². The van der Waals surface area contributed by atoms with E-state index in [-0.39, 0.29) is 29.7 Å². The third kappa shape index (κ3) is 5.12. The lowest BCUT2D eigenvalue weighted by atomic mass is 9.83. The molecule has 2 aromatic rings. The van der Waals surface area contributed by atoms with E-state index in [1.54, 1.807) is 14.0 Å². The molecule has 0 bridgehead atoms. The molecule has 8 heteroatoms. The molecule has 8 nitrogen and oxygen atoms in total. The molecule has 0 radical (unpaired) electrons. The van der Waals surface area contributed by atoms with Crippen LogP contribution in [-0.4, -0.2) is 77.4 Å². The highest BCUT2D eigenvalue weighted by Gasteiger charge is 2.36. The zero-order chi connectivity index (χ0) is 24.2. The number of piperazine rings is 1. The standard InChI is InChI=1S/C26H37N5O3/c1-18(27-2)24(32)28-23(19-7-5-4-6-8-19)26(34)31-15-13-30(14-16-31)25(33)21-9-10-22-20(17-21)11-12-29(22)3/h9-12,17-19,23,27H,4-8,13-16H2,1-3H3,(H,28,32)/t18-,23?/m0/s1. The Balaban J connectivity index is 1.40. The molecule has 0 spiro atoms. The number of nitrogens with one attached hydrogen (secondary N) is 2. The molecule has 184 valence electrons. The minimum Gasteiger partial charge on any atom is -0.351 e. The van der Waals surface area contributed by atoms with Crippen LogP contribution in [0.5, 0.6) is 0 Å². The van der Waals surface area contributed by atoms with Crippen molar-refractivity contribution in [1.29, 1.82) is 0 Å². The number of aryl methyl sites for hydroxylation is 1. The van der Waals surface area contributed by atoms with Crippen LogP contribution in [0.1, 0.15) is 49.4 Å². The van der Waals surface area contributed by atoms with Gasteiger partial charge in [-0.15, -0.1) is 0 Å². The van der Waals surface area contributed by atoms with Crippen molar-refractivity contribution >= 4 is 28.6 Å². The minimum atomic E-state index is -0.494. The molecule has 1 aromatic carbocycles. The first-order chi connectivity index (χ1) is 16.4. The van der Waals surface area contributed by atoms with E-state index < -0.39 is 6.04 Å². The minimum absolute atomic E-state index is 0.00201. The number of rotatable bonds is 6. The summed E-state index contributed by atoms with van der Waals surface area (Å²) >= 11 is 0. The number of carbonyl (C=O) groups is 3. The van der Waals surface area contributed by atoms with Crippen LogP contribution in [0.25, 0.3) is 10.9 Å². The fraction of sp³-hybridized carbons (Fsp3) is 0.577. The van der Waals surface area contributed by atoms with Crippen molar-refractivity contribution in [3.8, 4) is 0 Å². The van der Waals surface area contributed by atoms with E-state index in [4.69, 9.17) is 0 Å². The first-order valence-electron chi connectivity index (χ1n) is 12.5. The molecule has 1 aliphatic heterocycles. The molecule has 2 atom stereocenters. The number of hydrogen-bond acceptors (Lipinski definition) is 4. The largest absolute Gasteiger partial charge is 0.351 e. The van der Waals surface area contributed by atoms with Gasteiger partial charge >= 0.3 is 0 Å². The fourth-order valence-corrected chi connectivity index (χ4v) is 5.18. The third-order valence-electron chi connectivity index (χ3n) is 7.52. The number of aromatic nitrogens is 1. The lowest BCUT2D eigenvalue weighted by Gasteiger charge is -2.39. The van der Waals surface area contributed by atoms with Gasteiger partial charge in [-0.05, 0) is 57.0 Å². The first kappa shape index (κ1) is 24.3. The van der Waals surface area contributed by atoms with Crippen molar-refractivity contribution < 1.29 is 14.4 Å². The molecule has 2 aliphatic rings. The molecule has 1 aromatic heterocycles. The number of likely N-dealkylation sites (N-methyl/N-ethyl adjacent to an activating group) is 1. The number of benzene rings is 1. The average molecular weight is 468 g/mol. The molecule has 1 saturated carbocycles. The van der Waals surface area contributed by atoms with Crippen LogP contribution in [0.15, 0.2) is 30.5 Å². The van der Waals surface area contributed by atoms with Gasteiger partial charge in [0.15, 0.2) is 0 Å². The second-order valence-corrected chi connectivity index (χ2v) is 9.71. The quantitative estimate of drug-likeness (QED) is 0.682. The van der Waals surface area contributed by atoms with Gasteiger partial charge in [0.25, 0.3) is 5.91 Å². The second-order valence-electron chi connectivity index (χ2n) is 9.71. The van der Waals surface area contributed by atoms with Gasteiger partial charge in [-0.1, -0.05) is 19.3 Å². The molecule has 2 fully saturated rings. The van der Waals surface area contributed by atoms with Crippen LogP contribution < -0.4 is 10.6 Å². The highest BCUT2D eigenvalue weighted by atomic mass is 16.2. The van der Waals surface area contributed by atoms with E-state index in [0.29, 0.717) is 31.7 Å². The second kappa shape index (κ2) is 10.6. The van der Waals surface area contributed by atoms with Crippen molar-refractivity contribution in [2.75, 3.05) is 33.2 Å². The third-order valence-corrected chi connectivity index (χ3v) is 7.52. The van der Waals surface area contributed by atoms with Crippen molar-refractivity contribution in [2.24, 2.45) is 13.0 Å². The van der Waals surface area contributed by atoms with Gasteiger partial charge in [-0.3, -0.25) is 14.4 Å². The smallest absolute Gasteiger partial charge is 0.253 e. The summed E-state index contributed by atoms with van der Waals surface area (Å²) in [6.45, 7) is 3.76. The van der Waals surface area contributed by atoms with E-state index in [2.05, 4.69) is 10.6 Å². The monoisotopic (exact) mass is 467 g/mol. The first-order valence-corrected chi connectivity index (χ1v) is 12.5. The predicted octanol–water partition coefficient (Wildman–Crippen LogP) is 2.14. The molecule has 3 amide bonds. The Bertz CT molecular complexity index is 1030. The Morgan fingerprint density at radius 3 is 2.32 bits per heavy atom. The maximum atomic E-state index is 13.5. The molecular formula is C26H37N5O3. The lowest BCUT2D eigenvalue weighted by Crippen LogP contribution is -2.59. The number of hydrogen-bond donors (Lipinski definition) is 2.